The first-order chi connectivity index (χ1) is 11.5. The van der Waals surface area contributed by atoms with E-state index in [0.29, 0.717) is 16.9 Å². The van der Waals surface area contributed by atoms with E-state index in [1.165, 1.54) is 10.5 Å². The lowest BCUT2D eigenvalue weighted by atomic mass is 10.1. The van der Waals surface area contributed by atoms with Crippen molar-refractivity contribution in [2.75, 3.05) is 0 Å². The summed E-state index contributed by atoms with van der Waals surface area (Å²) in [6.45, 7) is 5.64. The Morgan fingerprint density at radius 1 is 1.12 bits per heavy atom. The molecule has 0 amide bonds. The van der Waals surface area contributed by atoms with Gasteiger partial charge < -0.3 is 4.74 Å². The van der Waals surface area contributed by atoms with Crippen molar-refractivity contribution in [3.05, 3.63) is 80.9 Å². The zero-order valence-corrected chi connectivity index (χ0v) is 13.9. The number of nitrogens with zero attached hydrogens (tertiary/aromatic N) is 2. The summed E-state index contributed by atoms with van der Waals surface area (Å²) < 4.78 is 6.84. The van der Waals surface area contributed by atoms with Crippen molar-refractivity contribution in [3.8, 4) is 0 Å². The van der Waals surface area contributed by atoms with E-state index in [0.717, 1.165) is 16.8 Å². The summed E-state index contributed by atoms with van der Waals surface area (Å²) in [6.07, 6.45) is 0. The molecule has 1 aromatic carbocycles. The minimum Gasteiger partial charge on any atom is -0.456 e. The maximum atomic E-state index is 12.2. The normalized spacial score (nSPS) is 10.8. The summed E-state index contributed by atoms with van der Waals surface area (Å²) in [5.41, 5.74) is 4.07. The quantitative estimate of drug-likeness (QED) is 0.696. The van der Waals surface area contributed by atoms with Crippen molar-refractivity contribution in [2.24, 2.45) is 0 Å². The molecule has 3 rings (SSSR count). The van der Waals surface area contributed by atoms with Gasteiger partial charge in [0.1, 0.15) is 12.3 Å². The zero-order valence-electron chi connectivity index (χ0n) is 13.9. The number of aromatic nitrogens is 2. The van der Waals surface area contributed by atoms with Crippen molar-refractivity contribution in [1.82, 2.24) is 9.38 Å². The molecule has 0 N–H and O–H groups in total. The number of esters is 1. The smallest absolute Gasteiger partial charge is 0.338 e. The number of rotatable bonds is 3. The van der Waals surface area contributed by atoms with Crippen molar-refractivity contribution in [1.29, 1.82) is 0 Å². The summed E-state index contributed by atoms with van der Waals surface area (Å²) in [5, 5.41) is 0. The number of hydrogen-bond donors (Lipinski definition) is 0. The molecule has 0 aliphatic carbocycles. The van der Waals surface area contributed by atoms with E-state index >= 15 is 0 Å². The second-order valence-corrected chi connectivity index (χ2v) is 5.84. The third kappa shape index (κ3) is 3.06. The van der Waals surface area contributed by atoms with Crippen LogP contribution in [0.4, 0.5) is 0 Å². The number of carbonyl (C=O) groups excluding carboxylic acids is 1. The Balaban J connectivity index is 1.83. The summed E-state index contributed by atoms with van der Waals surface area (Å²) in [4.78, 5) is 28.8. The van der Waals surface area contributed by atoms with Crippen LogP contribution in [0.25, 0.3) is 5.65 Å². The van der Waals surface area contributed by atoms with Gasteiger partial charge in [0.2, 0.25) is 0 Å². The van der Waals surface area contributed by atoms with Gasteiger partial charge in [0.05, 0.1) is 11.3 Å². The molecule has 2 heterocycles. The van der Waals surface area contributed by atoms with E-state index in [9.17, 15) is 9.59 Å². The molecule has 3 aromatic rings. The summed E-state index contributed by atoms with van der Waals surface area (Å²) in [5.74, 6) is -0.418. The van der Waals surface area contributed by atoms with E-state index < -0.39 is 5.97 Å². The van der Waals surface area contributed by atoms with E-state index in [4.69, 9.17) is 4.74 Å². The number of benzene rings is 1. The van der Waals surface area contributed by atoms with Gasteiger partial charge in [-0.05, 0) is 44.5 Å². The highest BCUT2D eigenvalue weighted by molar-refractivity contribution is 5.91. The highest BCUT2D eigenvalue weighted by Gasteiger charge is 2.12. The molecule has 0 spiro atoms. The number of pyridine rings is 1. The zero-order chi connectivity index (χ0) is 17.3. The topological polar surface area (TPSA) is 60.7 Å². The van der Waals surface area contributed by atoms with Crippen LogP contribution in [0.2, 0.25) is 0 Å². The lowest BCUT2D eigenvalue weighted by Crippen LogP contribution is -2.18. The highest BCUT2D eigenvalue weighted by Crippen LogP contribution is 2.13. The Kier molecular flexibility index (Phi) is 4.16. The van der Waals surface area contributed by atoms with Crippen LogP contribution in [0.1, 0.15) is 32.9 Å². The lowest BCUT2D eigenvalue weighted by Gasteiger charge is -2.09. The molecule has 0 bridgehead atoms. The van der Waals surface area contributed by atoms with Crippen LogP contribution in [-0.2, 0) is 11.3 Å². The number of hydrogen-bond acceptors (Lipinski definition) is 4. The second kappa shape index (κ2) is 6.28. The molecular formula is C19H18N2O3. The van der Waals surface area contributed by atoms with Gasteiger partial charge in [-0.3, -0.25) is 9.20 Å². The molecule has 0 fully saturated rings. The van der Waals surface area contributed by atoms with Crippen LogP contribution >= 0.6 is 0 Å². The number of fused-ring (bicyclic) bond motifs is 1. The highest BCUT2D eigenvalue weighted by atomic mass is 16.5. The SMILES string of the molecule is Cc1ccc(C(=O)OCc2cc(=O)n3c(C)cccc3n2)c(C)c1. The Morgan fingerprint density at radius 3 is 2.67 bits per heavy atom. The predicted molar refractivity (Wildman–Crippen MR) is 91.2 cm³/mol. The van der Waals surface area contributed by atoms with Crippen LogP contribution in [0.5, 0.6) is 0 Å². The first-order valence-electron chi connectivity index (χ1n) is 7.68. The van der Waals surface area contributed by atoms with Crippen LogP contribution in [-0.4, -0.2) is 15.4 Å². The molecule has 0 aliphatic rings. The molecule has 0 aliphatic heterocycles. The maximum absolute atomic E-state index is 12.2. The van der Waals surface area contributed by atoms with Gasteiger partial charge in [0, 0.05) is 11.8 Å². The van der Waals surface area contributed by atoms with Crippen LogP contribution < -0.4 is 5.56 Å². The van der Waals surface area contributed by atoms with E-state index in [2.05, 4.69) is 4.98 Å². The Bertz CT molecular complexity index is 990. The molecule has 2 aromatic heterocycles. The minimum atomic E-state index is -0.418. The van der Waals surface area contributed by atoms with Crippen molar-refractivity contribution >= 4 is 11.6 Å². The van der Waals surface area contributed by atoms with Crippen LogP contribution in [0, 0.1) is 20.8 Å². The Hall–Kier alpha value is -2.95. The monoisotopic (exact) mass is 322 g/mol. The van der Waals surface area contributed by atoms with Gasteiger partial charge >= 0.3 is 5.97 Å². The van der Waals surface area contributed by atoms with Crippen molar-refractivity contribution in [3.63, 3.8) is 0 Å². The lowest BCUT2D eigenvalue weighted by molar-refractivity contribution is 0.0467. The van der Waals surface area contributed by atoms with Gasteiger partial charge in [0.25, 0.3) is 5.56 Å². The van der Waals surface area contributed by atoms with Crippen molar-refractivity contribution < 1.29 is 9.53 Å². The van der Waals surface area contributed by atoms with Gasteiger partial charge in [-0.1, -0.05) is 23.8 Å². The predicted octanol–water partition coefficient (Wildman–Crippen LogP) is 2.98. The number of ether oxygens (including phenoxy) is 1. The molecule has 0 unspecified atom stereocenters. The molecule has 5 nitrogen and oxygen atoms in total. The molecule has 0 radical (unpaired) electrons. The first kappa shape index (κ1) is 15.9. The largest absolute Gasteiger partial charge is 0.456 e. The average Bonchev–Trinajstić information content (AvgIpc) is 2.52. The molecule has 0 saturated carbocycles. The first-order valence-corrected chi connectivity index (χ1v) is 7.68. The summed E-state index contributed by atoms with van der Waals surface area (Å²) >= 11 is 0. The Morgan fingerprint density at radius 2 is 1.92 bits per heavy atom. The van der Waals surface area contributed by atoms with E-state index in [1.807, 2.05) is 45.0 Å². The third-order valence-corrected chi connectivity index (χ3v) is 3.89. The molecule has 0 saturated heterocycles. The fourth-order valence-electron chi connectivity index (χ4n) is 2.70. The minimum absolute atomic E-state index is 0.0359. The maximum Gasteiger partial charge on any atom is 0.338 e. The van der Waals surface area contributed by atoms with Crippen LogP contribution in [0.3, 0.4) is 0 Å². The number of aryl methyl sites for hydroxylation is 3. The average molecular weight is 322 g/mol. The standard InChI is InChI=1S/C19H18N2O3/c1-12-7-8-16(13(2)9-12)19(23)24-11-15-10-18(22)21-14(3)5-4-6-17(21)20-15/h4-10H,11H2,1-3H3. The second-order valence-electron chi connectivity index (χ2n) is 5.84. The van der Waals surface area contributed by atoms with Crippen LogP contribution in [0.15, 0.2) is 47.3 Å². The van der Waals surface area contributed by atoms with Crippen molar-refractivity contribution in [2.45, 2.75) is 27.4 Å². The van der Waals surface area contributed by atoms with Gasteiger partial charge in [-0.25, -0.2) is 9.78 Å². The fourth-order valence-corrected chi connectivity index (χ4v) is 2.70. The van der Waals surface area contributed by atoms with E-state index in [1.54, 1.807) is 12.1 Å². The molecule has 0 atom stereocenters. The summed E-state index contributed by atoms with van der Waals surface area (Å²) in [7, 11) is 0. The van der Waals surface area contributed by atoms with Gasteiger partial charge in [-0.2, -0.15) is 0 Å². The molecular weight excluding hydrogens is 304 g/mol. The summed E-state index contributed by atoms with van der Waals surface area (Å²) in [6, 6.07) is 12.4. The van der Waals surface area contributed by atoms with E-state index in [-0.39, 0.29) is 12.2 Å². The molecule has 5 heteroatoms. The molecule has 24 heavy (non-hydrogen) atoms. The van der Waals surface area contributed by atoms with Gasteiger partial charge in [0.15, 0.2) is 0 Å². The fraction of sp³-hybridized carbons (Fsp3) is 0.211. The Labute approximate surface area is 139 Å². The third-order valence-electron chi connectivity index (χ3n) is 3.89. The van der Waals surface area contributed by atoms with Gasteiger partial charge in [-0.15, -0.1) is 0 Å². The number of carbonyl (C=O) groups is 1. The molecule has 122 valence electrons.